The molecule has 8 nitrogen and oxygen atoms in total. The van der Waals surface area contributed by atoms with Gasteiger partial charge < -0.3 is 20.2 Å². The molecule has 9 heteroatoms. The molecule has 226 valence electrons. The van der Waals surface area contributed by atoms with Crippen molar-refractivity contribution >= 4 is 16.0 Å². The first-order chi connectivity index (χ1) is 18.3. The lowest BCUT2D eigenvalue weighted by atomic mass is 9.41. The van der Waals surface area contributed by atoms with Gasteiger partial charge in [-0.3, -0.25) is 9.35 Å². The number of amides is 1. The second-order valence-electron chi connectivity index (χ2n) is 14.0. The van der Waals surface area contributed by atoms with Crippen molar-refractivity contribution < 1.29 is 33.1 Å². The van der Waals surface area contributed by atoms with Crippen LogP contribution in [0.2, 0.25) is 0 Å². The number of aliphatic hydroxyl groups excluding tert-OH is 3. The van der Waals surface area contributed by atoms with Crippen LogP contribution in [0.15, 0.2) is 0 Å². The van der Waals surface area contributed by atoms with Crippen molar-refractivity contribution in [3.8, 4) is 0 Å². The first-order valence-corrected chi connectivity index (χ1v) is 17.1. The lowest BCUT2D eigenvalue weighted by Crippen LogP contribution is -2.62. The van der Waals surface area contributed by atoms with Gasteiger partial charge in [0.05, 0.1) is 24.6 Å². The zero-order valence-corrected chi connectivity index (χ0v) is 25.3. The Hall–Kier alpha value is -0.740. The average Bonchev–Trinajstić information content (AvgIpc) is 3.23. The largest absolute Gasteiger partial charge is 0.395 e. The molecule has 0 heterocycles. The lowest BCUT2D eigenvalue weighted by molar-refractivity contribution is -0.203. The summed E-state index contributed by atoms with van der Waals surface area (Å²) in [6.07, 6.45) is 8.60. The molecule has 39 heavy (non-hydrogen) atoms. The molecule has 0 spiro atoms. The van der Waals surface area contributed by atoms with Gasteiger partial charge in [0, 0.05) is 19.5 Å². The van der Waals surface area contributed by atoms with E-state index in [1.807, 2.05) is 0 Å². The van der Waals surface area contributed by atoms with Gasteiger partial charge in [-0.2, -0.15) is 8.42 Å². The molecular weight excluding hydrogens is 518 g/mol. The minimum absolute atomic E-state index is 0.0578. The molecule has 0 aromatic heterocycles. The molecule has 0 aliphatic heterocycles. The molecular formula is C30H53NO7S. The first-order valence-electron chi connectivity index (χ1n) is 15.5. The molecule has 4 N–H and O–H groups in total. The Morgan fingerprint density at radius 1 is 1.00 bits per heavy atom. The zero-order valence-electron chi connectivity index (χ0n) is 24.5. The van der Waals surface area contributed by atoms with Crippen LogP contribution >= 0.6 is 0 Å². The van der Waals surface area contributed by atoms with Crippen molar-refractivity contribution in [2.24, 2.45) is 52.3 Å². The third kappa shape index (κ3) is 5.95. The van der Waals surface area contributed by atoms with E-state index in [1.165, 1.54) is 4.90 Å². The van der Waals surface area contributed by atoms with Crippen LogP contribution in [0, 0.1) is 52.3 Å². The van der Waals surface area contributed by atoms with E-state index in [9.17, 15) is 28.5 Å². The van der Waals surface area contributed by atoms with Crippen LogP contribution in [0.3, 0.4) is 0 Å². The summed E-state index contributed by atoms with van der Waals surface area (Å²) in [6, 6.07) is 0. The van der Waals surface area contributed by atoms with Gasteiger partial charge in [-0.1, -0.05) is 34.1 Å². The molecule has 0 unspecified atom stereocenters. The molecule has 11 atom stereocenters. The van der Waals surface area contributed by atoms with Gasteiger partial charge in [-0.15, -0.1) is 0 Å². The Labute approximate surface area is 235 Å². The van der Waals surface area contributed by atoms with E-state index < -0.39 is 15.9 Å². The fourth-order valence-electron chi connectivity index (χ4n) is 10.4. The maximum atomic E-state index is 12.9. The number of hydrogen-bond acceptors (Lipinski definition) is 6. The van der Waals surface area contributed by atoms with Crippen LogP contribution in [0.5, 0.6) is 0 Å². The normalized spacial score (nSPS) is 42.8. The van der Waals surface area contributed by atoms with Gasteiger partial charge >= 0.3 is 0 Å². The number of hydrogen-bond donors (Lipinski definition) is 4. The predicted molar refractivity (Wildman–Crippen MR) is 150 cm³/mol. The van der Waals surface area contributed by atoms with Crippen molar-refractivity contribution in [3.63, 3.8) is 0 Å². The van der Waals surface area contributed by atoms with Crippen molar-refractivity contribution in [2.45, 2.75) is 104 Å². The van der Waals surface area contributed by atoms with Crippen molar-refractivity contribution in [2.75, 3.05) is 25.4 Å². The van der Waals surface area contributed by atoms with Crippen LogP contribution in [0.1, 0.15) is 91.9 Å². The number of nitrogens with zero attached hydrogens (tertiary/aromatic N) is 1. The van der Waals surface area contributed by atoms with Crippen LogP contribution in [0.25, 0.3) is 0 Å². The minimum atomic E-state index is -4.18. The van der Waals surface area contributed by atoms with Crippen LogP contribution in [-0.2, 0) is 14.9 Å². The fourth-order valence-corrected chi connectivity index (χ4v) is 10.8. The van der Waals surface area contributed by atoms with Gasteiger partial charge in [-0.25, -0.2) is 0 Å². The highest BCUT2D eigenvalue weighted by atomic mass is 32.2. The van der Waals surface area contributed by atoms with E-state index in [2.05, 4.69) is 27.7 Å². The number of carbonyl (C=O) groups is 1. The second-order valence-corrected chi connectivity index (χ2v) is 15.6. The minimum Gasteiger partial charge on any atom is -0.395 e. The highest BCUT2D eigenvalue weighted by molar-refractivity contribution is 7.85. The Bertz CT molecular complexity index is 974. The van der Waals surface area contributed by atoms with Crippen molar-refractivity contribution in [1.82, 2.24) is 4.90 Å². The Morgan fingerprint density at radius 3 is 2.31 bits per heavy atom. The Balaban J connectivity index is 1.45. The van der Waals surface area contributed by atoms with E-state index in [4.69, 9.17) is 4.55 Å². The van der Waals surface area contributed by atoms with Crippen molar-refractivity contribution in [1.29, 1.82) is 0 Å². The Kier molecular flexibility index (Phi) is 9.49. The van der Waals surface area contributed by atoms with Crippen molar-refractivity contribution in [3.05, 3.63) is 0 Å². The monoisotopic (exact) mass is 571 g/mol. The molecule has 0 bridgehead atoms. The molecule has 0 saturated heterocycles. The molecule has 4 aliphatic carbocycles. The number of rotatable bonds is 10. The van der Waals surface area contributed by atoms with Gasteiger partial charge in [0.1, 0.15) is 0 Å². The Morgan fingerprint density at radius 2 is 1.67 bits per heavy atom. The number of fused-ring (bicyclic) bond motifs is 5. The summed E-state index contributed by atoms with van der Waals surface area (Å²) < 4.78 is 31.4. The molecule has 4 rings (SSSR count). The smallest absolute Gasteiger partial charge is 0.266 e. The molecule has 1 amide bonds. The molecule has 4 aliphatic rings. The topological polar surface area (TPSA) is 135 Å². The summed E-state index contributed by atoms with van der Waals surface area (Å²) in [4.78, 5) is 14.3. The highest BCUT2D eigenvalue weighted by Crippen LogP contribution is 2.69. The van der Waals surface area contributed by atoms with Crippen LogP contribution < -0.4 is 0 Å². The molecule has 0 aromatic carbocycles. The van der Waals surface area contributed by atoms with Gasteiger partial charge in [0.15, 0.2) is 0 Å². The van der Waals surface area contributed by atoms with Gasteiger partial charge in [0.2, 0.25) is 5.91 Å². The maximum Gasteiger partial charge on any atom is 0.266 e. The average molecular weight is 572 g/mol. The molecule has 4 fully saturated rings. The summed E-state index contributed by atoms with van der Waals surface area (Å²) in [6.45, 7) is 9.01. The zero-order chi connectivity index (χ0) is 28.8. The molecule has 0 aromatic rings. The maximum absolute atomic E-state index is 12.9. The van der Waals surface area contributed by atoms with E-state index in [1.54, 1.807) is 0 Å². The number of aliphatic hydroxyl groups is 3. The van der Waals surface area contributed by atoms with Gasteiger partial charge in [0.25, 0.3) is 10.1 Å². The standard InChI is InChI=1S/C30H53NO7S/c1-5-21-25-18-20(33)10-12-30(25,4)24-11-13-29(3)22(7-8-23(29)27(24)28(21)35)19(2)6-9-26(34)31(14-16-32)15-17-39(36,37)38/h19-25,27-28,32-33,35H,5-18H2,1-4H3,(H,36,37,38)/t19-,20-,21-,22-,23+,24+,25+,27+,28-,29-,30-/m1/s1. The molecule has 0 radical (unpaired) electrons. The SMILES string of the molecule is CC[C@H]1[C@@H](O)[C@@H]2[C@H](CC[C@]3(C)[C@@H]([C@H](C)CCC(=O)N(CCO)CCS(=O)(=O)O)CC[C@@H]23)[C@@]2(C)CC[C@@H](O)C[C@@H]12. The van der Waals surface area contributed by atoms with Crippen LogP contribution in [-0.4, -0.2) is 76.8 Å². The van der Waals surface area contributed by atoms with E-state index in [0.717, 1.165) is 51.4 Å². The summed E-state index contributed by atoms with van der Waals surface area (Å²) >= 11 is 0. The lowest BCUT2D eigenvalue weighted by Gasteiger charge is -2.64. The third-order valence-corrected chi connectivity index (χ3v) is 13.0. The fraction of sp³-hybridized carbons (Fsp3) is 0.967. The summed E-state index contributed by atoms with van der Waals surface area (Å²) in [5.41, 5.74) is 0.301. The molecule has 4 saturated carbocycles. The third-order valence-electron chi connectivity index (χ3n) is 12.3. The second kappa shape index (κ2) is 11.9. The first kappa shape index (κ1) is 31.2. The van der Waals surface area contributed by atoms with Crippen LogP contribution in [0.4, 0.5) is 0 Å². The van der Waals surface area contributed by atoms with E-state index in [-0.39, 0.29) is 54.6 Å². The predicted octanol–water partition coefficient (Wildman–Crippen LogP) is 3.74. The quantitative estimate of drug-likeness (QED) is 0.293. The number of carbonyl (C=O) groups excluding carboxylic acids is 1. The highest BCUT2D eigenvalue weighted by Gasteiger charge is 2.64. The summed E-state index contributed by atoms with van der Waals surface area (Å²) in [5.74, 6) is 1.95. The van der Waals surface area contributed by atoms with E-state index in [0.29, 0.717) is 48.3 Å². The van der Waals surface area contributed by atoms with Gasteiger partial charge in [-0.05, 0) is 104 Å². The summed E-state index contributed by atoms with van der Waals surface area (Å²) in [7, 11) is -4.18. The van der Waals surface area contributed by atoms with E-state index >= 15 is 0 Å². The summed E-state index contributed by atoms with van der Waals surface area (Å²) in [5, 5.41) is 31.7.